The number of anilines is 1. The van der Waals surface area contributed by atoms with E-state index in [-0.39, 0.29) is 12.5 Å². The number of rotatable bonds is 7. The van der Waals surface area contributed by atoms with Crippen molar-refractivity contribution in [1.29, 1.82) is 0 Å². The van der Waals surface area contributed by atoms with Crippen LogP contribution >= 0.6 is 0 Å². The van der Waals surface area contributed by atoms with Crippen molar-refractivity contribution in [1.82, 2.24) is 4.90 Å². The highest BCUT2D eigenvalue weighted by molar-refractivity contribution is 5.77. The van der Waals surface area contributed by atoms with E-state index < -0.39 is 0 Å². The number of likely N-dealkylation sites (N-methyl/N-ethyl adjacent to an activating group) is 1. The normalized spacial score (nSPS) is 10.1. The van der Waals surface area contributed by atoms with E-state index >= 15 is 0 Å². The Morgan fingerprint density at radius 3 is 2.72 bits per heavy atom. The SMILES string of the molecule is CCCCCN(C)C(=O)COc1ccccc1N. The summed E-state index contributed by atoms with van der Waals surface area (Å²) in [5.41, 5.74) is 6.29. The van der Waals surface area contributed by atoms with Gasteiger partial charge in [0.25, 0.3) is 5.91 Å². The molecule has 4 heteroatoms. The molecule has 0 radical (unpaired) electrons. The van der Waals surface area contributed by atoms with Crippen molar-refractivity contribution in [3.8, 4) is 5.75 Å². The number of nitrogen functional groups attached to an aromatic ring is 1. The van der Waals surface area contributed by atoms with Crippen LogP contribution < -0.4 is 10.5 Å². The molecule has 0 saturated heterocycles. The number of unbranched alkanes of at least 4 members (excludes halogenated alkanes) is 2. The summed E-state index contributed by atoms with van der Waals surface area (Å²) in [7, 11) is 1.80. The van der Waals surface area contributed by atoms with Crippen LogP contribution in [0.4, 0.5) is 5.69 Å². The Morgan fingerprint density at radius 1 is 1.33 bits per heavy atom. The summed E-state index contributed by atoms with van der Waals surface area (Å²) in [6, 6.07) is 7.19. The topological polar surface area (TPSA) is 55.6 Å². The van der Waals surface area contributed by atoms with Crippen LogP contribution in [0.3, 0.4) is 0 Å². The molecule has 1 aromatic carbocycles. The molecule has 0 aliphatic carbocycles. The van der Waals surface area contributed by atoms with Crippen LogP contribution in [0.1, 0.15) is 26.2 Å². The van der Waals surface area contributed by atoms with Crippen molar-refractivity contribution < 1.29 is 9.53 Å². The van der Waals surface area contributed by atoms with Gasteiger partial charge in [-0.1, -0.05) is 31.9 Å². The number of nitrogens with zero attached hydrogens (tertiary/aromatic N) is 1. The minimum Gasteiger partial charge on any atom is -0.482 e. The van der Waals surface area contributed by atoms with Gasteiger partial charge in [0.1, 0.15) is 5.75 Å². The van der Waals surface area contributed by atoms with Gasteiger partial charge in [0, 0.05) is 13.6 Å². The van der Waals surface area contributed by atoms with E-state index in [1.54, 1.807) is 24.1 Å². The summed E-state index contributed by atoms with van der Waals surface area (Å²) < 4.78 is 5.41. The Balaban J connectivity index is 2.34. The van der Waals surface area contributed by atoms with Crippen molar-refractivity contribution >= 4 is 11.6 Å². The molecule has 0 aliphatic heterocycles. The lowest BCUT2D eigenvalue weighted by Gasteiger charge is -2.17. The van der Waals surface area contributed by atoms with Crippen LogP contribution in [0.5, 0.6) is 5.75 Å². The maximum atomic E-state index is 11.8. The fourth-order valence-corrected chi connectivity index (χ4v) is 1.59. The number of carbonyl (C=O) groups is 1. The van der Waals surface area contributed by atoms with Gasteiger partial charge in [0.05, 0.1) is 5.69 Å². The van der Waals surface area contributed by atoms with Crippen LogP contribution in [-0.2, 0) is 4.79 Å². The molecule has 0 aliphatic rings. The Hall–Kier alpha value is -1.71. The molecule has 1 amide bonds. The second-order valence-corrected chi connectivity index (χ2v) is 4.35. The molecule has 1 aromatic rings. The summed E-state index contributed by atoms with van der Waals surface area (Å²) >= 11 is 0. The van der Waals surface area contributed by atoms with Crippen LogP contribution in [0, 0.1) is 0 Å². The predicted octanol–water partition coefficient (Wildman–Crippen LogP) is 2.30. The average Bonchev–Trinajstić information content (AvgIpc) is 2.37. The van der Waals surface area contributed by atoms with E-state index in [1.165, 1.54) is 0 Å². The first-order valence-electron chi connectivity index (χ1n) is 6.36. The fourth-order valence-electron chi connectivity index (χ4n) is 1.59. The standard InChI is InChI=1S/C14H22N2O2/c1-3-4-7-10-16(2)14(17)11-18-13-9-6-5-8-12(13)15/h5-6,8-9H,3-4,7,10-11,15H2,1-2H3. The number of para-hydroxylation sites is 2. The second kappa shape index (κ2) is 7.58. The predicted molar refractivity (Wildman–Crippen MR) is 73.5 cm³/mol. The molecule has 4 nitrogen and oxygen atoms in total. The Kier molecular flexibility index (Phi) is 6.05. The molecule has 0 fully saturated rings. The highest BCUT2D eigenvalue weighted by Crippen LogP contribution is 2.19. The van der Waals surface area contributed by atoms with Crippen molar-refractivity contribution in [2.24, 2.45) is 0 Å². The van der Waals surface area contributed by atoms with E-state index in [9.17, 15) is 4.79 Å². The average molecular weight is 250 g/mol. The molecule has 0 spiro atoms. The second-order valence-electron chi connectivity index (χ2n) is 4.35. The molecule has 0 unspecified atom stereocenters. The number of hydrogen-bond acceptors (Lipinski definition) is 3. The van der Waals surface area contributed by atoms with Gasteiger partial charge in [0.2, 0.25) is 0 Å². The van der Waals surface area contributed by atoms with Gasteiger partial charge in [-0.2, -0.15) is 0 Å². The molecule has 0 heterocycles. The minimum absolute atomic E-state index is 0.0191. The molecule has 100 valence electrons. The summed E-state index contributed by atoms with van der Waals surface area (Å²) in [6.45, 7) is 2.96. The molecular weight excluding hydrogens is 228 g/mol. The summed E-state index contributed by atoms with van der Waals surface area (Å²) in [6.07, 6.45) is 3.33. The molecular formula is C14H22N2O2. The zero-order valence-electron chi connectivity index (χ0n) is 11.2. The fraction of sp³-hybridized carbons (Fsp3) is 0.500. The van der Waals surface area contributed by atoms with Gasteiger partial charge in [-0.3, -0.25) is 4.79 Å². The minimum atomic E-state index is -0.0191. The molecule has 2 N–H and O–H groups in total. The lowest BCUT2D eigenvalue weighted by atomic mass is 10.2. The number of amides is 1. The molecule has 1 rings (SSSR count). The lowest BCUT2D eigenvalue weighted by molar-refractivity contribution is -0.132. The van der Waals surface area contributed by atoms with Crippen LogP contribution in [0.15, 0.2) is 24.3 Å². The Morgan fingerprint density at radius 2 is 2.06 bits per heavy atom. The number of ether oxygens (including phenoxy) is 1. The van der Waals surface area contributed by atoms with Gasteiger partial charge in [-0.05, 0) is 18.6 Å². The first kappa shape index (κ1) is 14.4. The zero-order valence-corrected chi connectivity index (χ0v) is 11.2. The quantitative estimate of drug-likeness (QED) is 0.596. The molecule has 0 aromatic heterocycles. The van der Waals surface area contributed by atoms with E-state index in [0.717, 1.165) is 25.8 Å². The third-order valence-corrected chi connectivity index (χ3v) is 2.79. The first-order valence-corrected chi connectivity index (χ1v) is 6.36. The number of benzene rings is 1. The van der Waals surface area contributed by atoms with Crippen LogP contribution in [-0.4, -0.2) is 31.0 Å². The monoisotopic (exact) mass is 250 g/mol. The number of carbonyl (C=O) groups excluding carboxylic acids is 1. The van der Waals surface area contributed by atoms with Crippen molar-refractivity contribution in [3.05, 3.63) is 24.3 Å². The van der Waals surface area contributed by atoms with Gasteiger partial charge >= 0.3 is 0 Å². The lowest BCUT2D eigenvalue weighted by Crippen LogP contribution is -2.32. The molecule has 0 bridgehead atoms. The van der Waals surface area contributed by atoms with Crippen LogP contribution in [0.25, 0.3) is 0 Å². The first-order chi connectivity index (χ1) is 8.65. The molecule has 18 heavy (non-hydrogen) atoms. The van der Waals surface area contributed by atoms with Gasteiger partial charge in [-0.25, -0.2) is 0 Å². The van der Waals surface area contributed by atoms with E-state index in [4.69, 9.17) is 10.5 Å². The maximum Gasteiger partial charge on any atom is 0.260 e. The summed E-state index contributed by atoms with van der Waals surface area (Å²) in [4.78, 5) is 13.5. The zero-order chi connectivity index (χ0) is 13.4. The van der Waals surface area contributed by atoms with Gasteiger partial charge in [0.15, 0.2) is 6.61 Å². The van der Waals surface area contributed by atoms with Crippen molar-refractivity contribution in [3.63, 3.8) is 0 Å². The van der Waals surface area contributed by atoms with Crippen molar-refractivity contribution in [2.75, 3.05) is 25.9 Å². The molecule has 0 saturated carbocycles. The van der Waals surface area contributed by atoms with E-state index in [2.05, 4.69) is 6.92 Å². The highest BCUT2D eigenvalue weighted by atomic mass is 16.5. The summed E-state index contributed by atoms with van der Waals surface area (Å²) in [5, 5.41) is 0. The third-order valence-electron chi connectivity index (χ3n) is 2.79. The van der Waals surface area contributed by atoms with Crippen LogP contribution in [0.2, 0.25) is 0 Å². The third kappa shape index (κ3) is 4.65. The van der Waals surface area contributed by atoms with Gasteiger partial charge in [-0.15, -0.1) is 0 Å². The smallest absolute Gasteiger partial charge is 0.260 e. The number of nitrogens with two attached hydrogens (primary N) is 1. The Labute approximate surface area is 109 Å². The maximum absolute atomic E-state index is 11.8. The van der Waals surface area contributed by atoms with E-state index in [0.29, 0.717) is 11.4 Å². The van der Waals surface area contributed by atoms with Gasteiger partial charge < -0.3 is 15.4 Å². The summed E-state index contributed by atoms with van der Waals surface area (Å²) in [5.74, 6) is 0.544. The Bertz CT molecular complexity index is 380. The largest absolute Gasteiger partial charge is 0.482 e. The van der Waals surface area contributed by atoms with Crippen molar-refractivity contribution in [2.45, 2.75) is 26.2 Å². The number of hydrogen-bond donors (Lipinski definition) is 1. The van der Waals surface area contributed by atoms with E-state index in [1.807, 2.05) is 12.1 Å². The highest BCUT2D eigenvalue weighted by Gasteiger charge is 2.09. The molecule has 0 atom stereocenters.